The van der Waals surface area contributed by atoms with Crippen molar-refractivity contribution >= 4 is 11.9 Å². The minimum absolute atomic E-state index is 0.00489. The second-order valence-corrected chi connectivity index (χ2v) is 6.48. The van der Waals surface area contributed by atoms with Gasteiger partial charge >= 0.3 is 5.97 Å². The molecule has 1 fully saturated rings. The van der Waals surface area contributed by atoms with Gasteiger partial charge in [0.2, 0.25) is 5.91 Å². The average Bonchev–Trinajstić information content (AvgIpc) is 2.42. The van der Waals surface area contributed by atoms with Crippen LogP contribution in [0.3, 0.4) is 0 Å². The first-order valence-electron chi connectivity index (χ1n) is 7.58. The number of ether oxygens (including phenoxy) is 1. The van der Waals surface area contributed by atoms with Gasteiger partial charge in [-0.3, -0.25) is 9.59 Å². The normalized spacial score (nSPS) is 28.5. The summed E-state index contributed by atoms with van der Waals surface area (Å²) in [4.78, 5) is 23.0. The zero-order valence-corrected chi connectivity index (χ0v) is 13.4. The summed E-state index contributed by atoms with van der Waals surface area (Å²) >= 11 is 0. The molecule has 4 N–H and O–H groups in total. The molecule has 0 saturated heterocycles. The third-order valence-electron chi connectivity index (χ3n) is 4.76. The van der Waals surface area contributed by atoms with Crippen LogP contribution in [0.15, 0.2) is 0 Å². The fraction of sp³-hybridized carbons (Fsp3) is 0.867. The van der Waals surface area contributed by atoms with Crippen molar-refractivity contribution < 1.29 is 19.4 Å². The van der Waals surface area contributed by atoms with E-state index in [1.807, 2.05) is 20.8 Å². The molecule has 3 unspecified atom stereocenters. The van der Waals surface area contributed by atoms with Crippen LogP contribution in [0.1, 0.15) is 47.0 Å². The topological polar surface area (TPSA) is 102 Å². The average molecular weight is 300 g/mol. The molecule has 1 aliphatic carbocycles. The number of hydrogen-bond acceptors (Lipinski definition) is 4. The first kappa shape index (κ1) is 17.9. The molecule has 6 nitrogen and oxygen atoms in total. The van der Waals surface area contributed by atoms with Gasteiger partial charge in [0.05, 0.1) is 12.0 Å². The smallest absolute Gasteiger partial charge is 0.306 e. The number of nitrogens with two attached hydrogens (primary N) is 1. The van der Waals surface area contributed by atoms with Crippen LogP contribution in [-0.4, -0.2) is 41.8 Å². The van der Waals surface area contributed by atoms with E-state index in [4.69, 9.17) is 15.6 Å². The number of carbonyl (C=O) groups excluding carboxylic acids is 1. The van der Waals surface area contributed by atoms with Gasteiger partial charge < -0.3 is 20.9 Å². The standard InChI is InChI=1S/C15H28N2O4/c1-5-21-11-9-15(16,14(11,3)4)13(20)17-8-6-7-10(2)12(18)19/h10-11H,5-9,16H2,1-4H3,(H,17,20)(H,18,19). The van der Waals surface area contributed by atoms with Gasteiger partial charge in [0.15, 0.2) is 0 Å². The highest BCUT2D eigenvalue weighted by atomic mass is 16.5. The summed E-state index contributed by atoms with van der Waals surface area (Å²) in [5.74, 6) is -1.38. The molecule has 0 radical (unpaired) electrons. The van der Waals surface area contributed by atoms with Gasteiger partial charge in [-0.1, -0.05) is 20.8 Å². The molecule has 0 spiro atoms. The van der Waals surface area contributed by atoms with Gasteiger partial charge in [-0.25, -0.2) is 0 Å². The molecule has 6 heteroatoms. The van der Waals surface area contributed by atoms with Gasteiger partial charge in [-0.2, -0.15) is 0 Å². The Labute approximate surface area is 126 Å². The maximum Gasteiger partial charge on any atom is 0.306 e. The summed E-state index contributed by atoms with van der Waals surface area (Å²) < 4.78 is 5.60. The Morgan fingerprint density at radius 2 is 2.10 bits per heavy atom. The van der Waals surface area contributed by atoms with Crippen molar-refractivity contribution in [3.05, 3.63) is 0 Å². The molecule has 0 aromatic rings. The fourth-order valence-corrected chi connectivity index (χ4v) is 2.71. The molecule has 21 heavy (non-hydrogen) atoms. The van der Waals surface area contributed by atoms with Crippen LogP contribution in [0.2, 0.25) is 0 Å². The fourth-order valence-electron chi connectivity index (χ4n) is 2.71. The van der Waals surface area contributed by atoms with E-state index in [0.717, 1.165) is 0 Å². The second-order valence-electron chi connectivity index (χ2n) is 6.48. The van der Waals surface area contributed by atoms with Crippen LogP contribution in [0.4, 0.5) is 0 Å². The summed E-state index contributed by atoms with van der Waals surface area (Å²) in [6, 6.07) is 0. The van der Waals surface area contributed by atoms with Gasteiger partial charge in [0.1, 0.15) is 5.54 Å². The van der Waals surface area contributed by atoms with E-state index in [2.05, 4.69) is 5.32 Å². The second kappa shape index (κ2) is 6.75. The first-order chi connectivity index (χ1) is 9.66. The highest BCUT2D eigenvalue weighted by Crippen LogP contribution is 2.49. The van der Waals surface area contributed by atoms with Gasteiger partial charge in [0.25, 0.3) is 0 Å². The number of carboxylic acid groups (broad SMARTS) is 1. The Kier molecular flexibility index (Phi) is 5.75. The molecule has 1 rings (SSSR count). The van der Waals surface area contributed by atoms with Gasteiger partial charge in [0, 0.05) is 25.0 Å². The zero-order valence-electron chi connectivity index (χ0n) is 13.4. The predicted octanol–water partition coefficient (Wildman–Crippen LogP) is 1.14. The van der Waals surface area contributed by atoms with Crippen LogP contribution in [0.25, 0.3) is 0 Å². The van der Waals surface area contributed by atoms with E-state index in [1.54, 1.807) is 6.92 Å². The van der Waals surface area contributed by atoms with Crippen molar-refractivity contribution in [2.24, 2.45) is 17.1 Å². The van der Waals surface area contributed by atoms with Crippen LogP contribution in [0.5, 0.6) is 0 Å². The van der Waals surface area contributed by atoms with E-state index in [-0.39, 0.29) is 12.0 Å². The first-order valence-corrected chi connectivity index (χ1v) is 7.58. The molecule has 3 atom stereocenters. The number of rotatable bonds is 8. The number of carbonyl (C=O) groups is 2. The van der Waals surface area contributed by atoms with Crippen molar-refractivity contribution in [2.75, 3.05) is 13.2 Å². The van der Waals surface area contributed by atoms with Crippen molar-refractivity contribution in [1.82, 2.24) is 5.32 Å². The van der Waals surface area contributed by atoms with Crippen molar-refractivity contribution in [3.63, 3.8) is 0 Å². The number of amides is 1. The van der Waals surface area contributed by atoms with Crippen molar-refractivity contribution in [1.29, 1.82) is 0 Å². The molecule has 1 saturated carbocycles. The van der Waals surface area contributed by atoms with Crippen LogP contribution in [0, 0.1) is 11.3 Å². The number of nitrogens with one attached hydrogen (secondary N) is 1. The molecule has 0 aliphatic heterocycles. The molecule has 0 aromatic heterocycles. The Morgan fingerprint density at radius 1 is 1.48 bits per heavy atom. The highest BCUT2D eigenvalue weighted by molar-refractivity contribution is 5.88. The summed E-state index contributed by atoms with van der Waals surface area (Å²) in [5, 5.41) is 11.6. The lowest BCUT2D eigenvalue weighted by Gasteiger charge is -2.57. The molecule has 0 heterocycles. The van der Waals surface area contributed by atoms with E-state index < -0.39 is 22.8 Å². The number of aliphatic carboxylic acids is 1. The Hall–Kier alpha value is -1.14. The van der Waals surface area contributed by atoms with Crippen LogP contribution >= 0.6 is 0 Å². The van der Waals surface area contributed by atoms with Gasteiger partial charge in [-0.15, -0.1) is 0 Å². The summed E-state index contributed by atoms with van der Waals surface area (Å²) in [7, 11) is 0. The Balaban J connectivity index is 2.41. The van der Waals surface area contributed by atoms with E-state index >= 15 is 0 Å². The molecule has 122 valence electrons. The van der Waals surface area contributed by atoms with Gasteiger partial charge in [-0.05, 0) is 19.8 Å². The van der Waals surface area contributed by atoms with E-state index in [1.165, 1.54) is 0 Å². The van der Waals surface area contributed by atoms with Crippen molar-refractivity contribution in [2.45, 2.75) is 58.6 Å². The molecule has 0 bridgehead atoms. The lowest BCUT2D eigenvalue weighted by atomic mass is 9.54. The number of hydrogen-bond donors (Lipinski definition) is 3. The Morgan fingerprint density at radius 3 is 2.57 bits per heavy atom. The maximum atomic E-state index is 12.3. The minimum Gasteiger partial charge on any atom is -0.481 e. The monoisotopic (exact) mass is 300 g/mol. The molecular formula is C15H28N2O4. The lowest BCUT2D eigenvalue weighted by molar-refractivity contribution is -0.170. The molecule has 1 aliphatic rings. The minimum atomic E-state index is -0.911. The molecular weight excluding hydrogens is 272 g/mol. The summed E-state index contributed by atoms with van der Waals surface area (Å²) in [6.07, 6.45) is 1.69. The molecule has 1 amide bonds. The largest absolute Gasteiger partial charge is 0.481 e. The predicted molar refractivity (Wildman–Crippen MR) is 79.8 cm³/mol. The highest BCUT2D eigenvalue weighted by Gasteiger charge is 2.62. The lowest BCUT2D eigenvalue weighted by Crippen LogP contribution is -2.75. The van der Waals surface area contributed by atoms with Crippen molar-refractivity contribution in [3.8, 4) is 0 Å². The quantitative estimate of drug-likeness (QED) is 0.583. The maximum absolute atomic E-state index is 12.3. The van der Waals surface area contributed by atoms with Crippen LogP contribution in [-0.2, 0) is 14.3 Å². The SMILES string of the molecule is CCOC1CC(N)(C(=O)NCCCC(C)C(=O)O)C1(C)C. The third-order valence-corrected chi connectivity index (χ3v) is 4.76. The Bertz CT molecular complexity index is 397. The summed E-state index contributed by atoms with van der Waals surface area (Å²) in [5.41, 5.74) is 4.94. The van der Waals surface area contributed by atoms with E-state index in [0.29, 0.717) is 32.4 Å². The summed E-state index contributed by atoms with van der Waals surface area (Å²) in [6.45, 7) is 8.54. The van der Waals surface area contributed by atoms with E-state index in [9.17, 15) is 9.59 Å². The number of carboxylic acids is 1. The molecule has 0 aromatic carbocycles. The van der Waals surface area contributed by atoms with Crippen LogP contribution < -0.4 is 11.1 Å². The zero-order chi connectivity index (χ0) is 16.3. The third kappa shape index (κ3) is 3.55.